The van der Waals surface area contributed by atoms with Crippen molar-refractivity contribution in [3.63, 3.8) is 0 Å². The zero-order valence-corrected chi connectivity index (χ0v) is 24.6. The van der Waals surface area contributed by atoms with Crippen molar-refractivity contribution in [2.45, 2.75) is 0 Å². The molecule has 4 nitrogen and oxygen atoms in total. The second kappa shape index (κ2) is 115. The third-order valence-electron chi connectivity index (χ3n) is 0. The van der Waals surface area contributed by atoms with Crippen LogP contribution in [0.15, 0.2) is 0 Å². The van der Waals surface area contributed by atoms with Gasteiger partial charge in [-0.3, -0.25) is 0 Å². The molecule has 0 spiro atoms. The first-order valence-corrected chi connectivity index (χ1v) is 0. The molecular weight excluding hydrogens is 953 g/mol. The maximum absolute atomic E-state index is 0. The van der Waals surface area contributed by atoms with Crippen molar-refractivity contribution in [2.24, 2.45) is 0 Å². The molecule has 0 saturated heterocycles. The van der Waals surface area contributed by atoms with E-state index in [1.165, 1.54) is 0 Å². The molecule has 0 aromatic rings. The Morgan fingerprint density at radius 2 is 0.333 bits per heavy atom. The molecule has 12 heteroatoms. The molecule has 74 valence electrons. The molecule has 0 aliphatic carbocycles. The van der Waals surface area contributed by atoms with Crippen molar-refractivity contribution in [3.8, 4) is 0 Å². The van der Waals surface area contributed by atoms with Gasteiger partial charge in [0.1, 0.15) is 0 Å². The van der Waals surface area contributed by atoms with Gasteiger partial charge in [0.25, 0.3) is 0 Å². The van der Waals surface area contributed by atoms with Gasteiger partial charge in [-0.2, -0.15) is 0 Å². The van der Waals surface area contributed by atoms with E-state index >= 15 is 0 Å². The van der Waals surface area contributed by atoms with Crippen molar-refractivity contribution in [2.75, 3.05) is 0 Å². The van der Waals surface area contributed by atoms with Gasteiger partial charge in [-0.1, -0.05) is 0 Å². The second-order valence-electron chi connectivity index (χ2n) is 0. The molecule has 0 aliphatic rings. The molecule has 0 unspecified atom stereocenters. The molecular formula is H8BiI5Na2O4. The van der Waals surface area contributed by atoms with Crippen LogP contribution in [0.25, 0.3) is 0 Å². The maximum atomic E-state index is 0. The fourth-order valence-corrected chi connectivity index (χ4v) is 0. The number of halogens is 5. The largest absolute Gasteiger partial charge is 3.00 e. The van der Waals surface area contributed by atoms with Gasteiger partial charge in [0.15, 0.2) is 0 Å². The summed E-state index contributed by atoms with van der Waals surface area (Å²) >= 11 is 0. The van der Waals surface area contributed by atoms with E-state index in [9.17, 15) is 0 Å². The second-order valence-corrected chi connectivity index (χ2v) is 0. The van der Waals surface area contributed by atoms with Crippen molar-refractivity contribution in [1.29, 1.82) is 0 Å². The van der Waals surface area contributed by atoms with Gasteiger partial charge < -0.3 is 142 Å². The van der Waals surface area contributed by atoms with Crippen LogP contribution in [0.3, 0.4) is 0 Å². The molecule has 0 atom stereocenters. The minimum Gasteiger partial charge on any atom is -1.00 e. The average molecular weight is 962 g/mol. The fourth-order valence-electron chi connectivity index (χ4n) is 0. The quantitative estimate of drug-likeness (QED) is 0.169. The molecule has 0 aromatic carbocycles. The van der Waals surface area contributed by atoms with Crippen LogP contribution in [0.2, 0.25) is 0 Å². The van der Waals surface area contributed by atoms with Gasteiger partial charge in [-0.15, -0.1) is 0 Å². The fraction of sp³-hybridized carbons (Fsp3) is 0. The first-order valence-electron chi connectivity index (χ1n) is 0. The van der Waals surface area contributed by atoms with Crippen molar-refractivity contribution in [3.05, 3.63) is 0 Å². The third kappa shape index (κ3) is 95.3. The minimum absolute atomic E-state index is 0. The van der Waals surface area contributed by atoms with Crippen LogP contribution < -0.4 is 179 Å². The Hall–Kier alpha value is 6.37. The van der Waals surface area contributed by atoms with E-state index in [1.54, 1.807) is 0 Å². The molecule has 12 heavy (non-hydrogen) atoms. The molecule has 0 aliphatic heterocycles. The standard InChI is InChI=1S/Bi.5HI.2Na.4H2O/h;5*1H;;;4*1H2/q+3;;;;;;2*+1;;;;/p-5. The summed E-state index contributed by atoms with van der Waals surface area (Å²) in [5, 5.41) is 0. The monoisotopic (exact) mass is 962 g/mol. The van der Waals surface area contributed by atoms with Crippen molar-refractivity contribution >= 4 is 26.2 Å². The van der Waals surface area contributed by atoms with E-state index in [0.717, 1.165) is 0 Å². The van der Waals surface area contributed by atoms with E-state index in [4.69, 9.17) is 0 Å². The SMILES string of the molecule is O.O.O.O.[Bi+3].[I-].[I-].[I-].[I-].[I-].[Na+].[Na+]. The average Bonchev–Trinajstić information content (AvgIpc) is 0. The van der Waals surface area contributed by atoms with Gasteiger partial charge in [0.05, 0.1) is 0 Å². The Balaban J connectivity index is 0. The molecule has 0 rings (SSSR count). The Bertz CT molecular complexity index is 21.4. The normalized spacial score (nSPS) is 0. The summed E-state index contributed by atoms with van der Waals surface area (Å²) in [6.45, 7) is 0. The van der Waals surface area contributed by atoms with Crippen molar-refractivity contribution in [1.82, 2.24) is 0 Å². The predicted molar refractivity (Wildman–Crippen MR) is 20.2 cm³/mol. The summed E-state index contributed by atoms with van der Waals surface area (Å²) in [4.78, 5) is 0. The van der Waals surface area contributed by atoms with E-state index in [2.05, 4.69) is 0 Å². The number of hydrogen-bond donors (Lipinski definition) is 0. The minimum atomic E-state index is 0. The van der Waals surface area contributed by atoms with Crippen LogP contribution in [0.1, 0.15) is 0 Å². The number of hydrogen-bond acceptors (Lipinski definition) is 0. The first-order chi connectivity index (χ1) is 0. The molecule has 2 radical (unpaired) electrons. The summed E-state index contributed by atoms with van der Waals surface area (Å²) in [6.07, 6.45) is 0. The smallest absolute Gasteiger partial charge is 1.00 e. The summed E-state index contributed by atoms with van der Waals surface area (Å²) in [7, 11) is 0. The summed E-state index contributed by atoms with van der Waals surface area (Å²) < 4.78 is 0. The maximum Gasteiger partial charge on any atom is 3.00 e. The topological polar surface area (TPSA) is 126 Å². The van der Waals surface area contributed by atoms with Crippen LogP contribution in [-0.2, 0) is 0 Å². The van der Waals surface area contributed by atoms with Gasteiger partial charge in [0.2, 0.25) is 0 Å². The van der Waals surface area contributed by atoms with Crippen LogP contribution in [-0.4, -0.2) is 48.1 Å². The van der Waals surface area contributed by atoms with E-state index in [0.29, 0.717) is 0 Å². The van der Waals surface area contributed by atoms with E-state index in [-0.39, 0.29) is 227 Å². The van der Waals surface area contributed by atoms with E-state index < -0.39 is 0 Å². The van der Waals surface area contributed by atoms with Crippen LogP contribution in [0, 0.1) is 0 Å². The van der Waals surface area contributed by atoms with Crippen LogP contribution >= 0.6 is 0 Å². The van der Waals surface area contributed by atoms with Gasteiger partial charge in [0, 0.05) is 0 Å². The molecule has 0 heterocycles. The predicted octanol–water partition coefficient (Wildman–Crippen LogP) is -24.7. The van der Waals surface area contributed by atoms with Crippen molar-refractivity contribution < 1.29 is 201 Å². The molecule has 8 N–H and O–H groups in total. The van der Waals surface area contributed by atoms with Gasteiger partial charge in [-0.05, 0) is 0 Å². The third-order valence-corrected chi connectivity index (χ3v) is 0. The summed E-state index contributed by atoms with van der Waals surface area (Å²) in [6, 6.07) is 0. The summed E-state index contributed by atoms with van der Waals surface area (Å²) in [5.41, 5.74) is 0. The molecule has 0 aromatic heterocycles. The molecule has 0 saturated carbocycles. The number of rotatable bonds is 0. The van der Waals surface area contributed by atoms with Crippen LogP contribution in [0.5, 0.6) is 0 Å². The zero-order valence-electron chi connectivity index (χ0n) is 6.34. The Morgan fingerprint density at radius 1 is 0.333 bits per heavy atom. The Kier molecular flexibility index (Phi) is 1300. The molecule has 0 fully saturated rings. The van der Waals surface area contributed by atoms with E-state index in [1.807, 2.05) is 0 Å². The Morgan fingerprint density at radius 3 is 0.333 bits per heavy atom. The molecule has 0 bridgehead atoms. The molecule has 0 amide bonds. The van der Waals surface area contributed by atoms with Gasteiger partial charge in [-0.25, -0.2) is 0 Å². The zero-order chi connectivity index (χ0) is 0. The Labute approximate surface area is 221 Å². The summed E-state index contributed by atoms with van der Waals surface area (Å²) in [5.74, 6) is 0. The van der Waals surface area contributed by atoms with Gasteiger partial charge >= 0.3 is 85.3 Å². The first kappa shape index (κ1) is 137. The van der Waals surface area contributed by atoms with Crippen LogP contribution in [0.4, 0.5) is 0 Å².